The maximum atomic E-state index is 12.2. The molecular formula is C20H21ClN2O4S2. The molecule has 29 heavy (non-hydrogen) atoms. The smallest absolute Gasteiger partial charge is 0.164 e. The van der Waals surface area contributed by atoms with Crippen LogP contribution in [0.2, 0.25) is 5.02 Å². The van der Waals surface area contributed by atoms with Crippen LogP contribution in [0.1, 0.15) is 5.56 Å². The Bertz CT molecular complexity index is 1060. The van der Waals surface area contributed by atoms with E-state index in [1.165, 1.54) is 0 Å². The van der Waals surface area contributed by atoms with Crippen LogP contribution in [0.3, 0.4) is 0 Å². The normalized spacial score (nSPS) is 22.3. The van der Waals surface area contributed by atoms with E-state index in [0.29, 0.717) is 22.3 Å². The summed E-state index contributed by atoms with van der Waals surface area (Å²) >= 11 is 7.67. The summed E-state index contributed by atoms with van der Waals surface area (Å²) in [6, 6.07) is 12.8. The highest BCUT2D eigenvalue weighted by Crippen LogP contribution is 2.39. The number of methoxy groups -OCH3 is 2. The molecule has 0 amide bonds. The van der Waals surface area contributed by atoms with Crippen molar-refractivity contribution in [2.24, 2.45) is 4.99 Å². The average Bonchev–Trinajstić information content (AvgIpc) is 3.16. The lowest BCUT2D eigenvalue weighted by atomic mass is 10.1. The number of amidine groups is 1. The van der Waals surface area contributed by atoms with Crippen molar-refractivity contribution in [2.75, 3.05) is 30.6 Å². The Morgan fingerprint density at radius 1 is 1.14 bits per heavy atom. The van der Waals surface area contributed by atoms with Crippen molar-refractivity contribution in [1.29, 1.82) is 0 Å². The first-order valence-corrected chi connectivity index (χ1v) is 12.3. The van der Waals surface area contributed by atoms with E-state index in [4.69, 9.17) is 26.1 Å². The molecule has 2 aliphatic rings. The van der Waals surface area contributed by atoms with E-state index in [-0.39, 0.29) is 23.6 Å². The number of hydrogen-bond acceptors (Lipinski definition) is 7. The van der Waals surface area contributed by atoms with Crippen LogP contribution in [-0.2, 0) is 15.6 Å². The Labute approximate surface area is 179 Å². The SMILES string of the molecule is COc1ccc(N2C(SCc3cccc(Cl)c3)=N[C@H]3CS(=O)(=O)C[C@@H]32)cc1OC. The molecule has 2 aromatic carbocycles. The topological polar surface area (TPSA) is 68.2 Å². The van der Waals surface area contributed by atoms with Crippen molar-refractivity contribution < 1.29 is 17.9 Å². The number of halogens is 1. The summed E-state index contributed by atoms with van der Waals surface area (Å²) in [4.78, 5) is 6.78. The summed E-state index contributed by atoms with van der Waals surface area (Å²) in [5.74, 6) is 2.08. The van der Waals surface area contributed by atoms with E-state index in [1.807, 2.05) is 47.4 Å². The Kier molecular flexibility index (Phi) is 5.68. The van der Waals surface area contributed by atoms with Gasteiger partial charge < -0.3 is 14.4 Å². The fourth-order valence-electron chi connectivity index (χ4n) is 3.68. The largest absolute Gasteiger partial charge is 0.493 e. The molecule has 0 spiro atoms. The summed E-state index contributed by atoms with van der Waals surface area (Å²) in [6.45, 7) is 0. The molecule has 154 valence electrons. The number of sulfone groups is 1. The molecule has 0 unspecified atom stereocenters. The van der Waals surface area contributed by atoms with Crippen LogP contribution in [0.25, 0.3) is 0 Å². The maximum absolute atomic E-state index is 12.2. The first-order valence-electron chi connectivity index (χ1n) is 9.07. The monoisotopic (exact) mass is 452 g/mol. The second kappa shape index (κ2) is 8.08. The number of anilines is 1. The maximum Gasteiger partial charge on any atom is 0.164 e. The van der Waals surface area contributed by atoms with Gasteiger partial charge in [0.15, 0.2) is 26.5 Å². The van der Waals surface area contributed by atoms with E-state index in [9.17, 15) is 8.42 Å². The van der Waals surface area contributed by atoms with E-state index >= 15 is 0 Å². The molecule has 1 fully saturated rings. The first-order chi connectivity index (χ1) is 13.9. The summed E-state index contributed by atoms with van der Waals surface area (Å²) in [5, 5.41) is 1.50. The molecule has 0 radical (unpaired) electrons. The van der Waals surface area contributed by atoms with Crippen LogP contribution in [0.5, 0.6) is 11.5 Å². The minimum Gasteiger partial charge on any atom is -0.493 e. The minimum absolute atomic E-state index is 0.0860. The molecule has 2 atom stereocenters. The number of hydrogen-bond donors (Lipinski definition) is 0. The Hall–Kier alpha value is -1.90. The van der Waals surface area contributed by atoms with Gasteiger partial charge in [-0.1, -0.05) is 35.5 Å². The summed E-state index contributed by atoms with van der Waals surface area (Å²) < 4.78 is 35.2. The average molecular weight is 453 g/mol. The Morgan fingerprint density at radius 3 is 2.66 bits per heavy atom. The lowest BCUT2D eigenvalue weighted by Gasteiger charge is -2.27. The zero-order chi connectivity index (χ0) is 20.6. The molecule has 0 bridgehead atoms. The fourth-order valence-corrected chi connectivity index (χ4v) is 6.81. The van der Waals surface area contributed by atoms with Gasteiger partial charge in [0.05, 0.1) is 37.8 Å². The van der Waals surface area contributed by atoms with Gasteiger partial charge >= 0.3 is 0 Å². The van der Waals surface area contributed by atoms with E-state index in [0.717, 1.165) is 16.4 Å². The fraction of sp³-hybridized carbons (Fsp3) is 0.350. The van der Waals surface area contributed by atoms with E-state index in [2.05, 4.69) is 0 Å². The molecule has 0 aliphatic carbocycles. The van der Waals surface area contributed by atoms with Crippen molar-refractivity contribution in [3.8, 4) is 11.5 Å². The van der Waals surface area contributed by atoms with Crippen molar-refractivity contribution in [3.05, 3.63) is 53.1 Å². The predicted molar refractivity (Wildman–Crippen MR) is 118 cm³/mol. The highest BCUT2D eigenvalue weighted by atomic mass is 35.5. The van der Waals surface area contributed by atoms with E-state index < -0.39 is 9.84 Å². The van der Waals surface area contributed by atoms with Crippen LogP contribution >= 0.6 is 23.4 Å². The van der Waals surface area contributed by atoms with Gasteiger partial charge in [0.2, 0.25) is 0 Å². The number of aliphatic imine (C=N–C) groups is 1. The number of nitrogens with zero attached hydrogens (tertiary/aromatic N) is 2. The van der Waals surface area contributed by atoms with Crippen LogP contribution in [0.15, 0.2) is 47.5 Å². The van der Waals surface area contributed by atoms with Crippen molar-refractivity contribution in [3.63, 3.8) is 0 Å². The van der Waals surface area contributed by atoms with Gasteiger partial charge in [-0.3, -0.25) is 4.99 Å². The molecule has 0 saturated carbocycles. The molecule has 2 aliphatic heterocycles. The number of rotatable bonds is 5. The molecule has 9 heteroatoms. The zero-order valence-electron chi connectivity index (χ0n) is 16.0. The van der Waals surface area contributed by atoms with Crippen LogP contribution < -0.4 is 14.4 Å². The van der Waals surface area contributed by atoms with Gasteiger partial charge in [-0.15, -0.1) is 0 Å². The zero-order valence-corrected chi connectivity index (χ0v) is 18.4. The third kappa shape index (κ3) is 4.20. The second-order valence-corrected chi connectivity index (χ2v) is 10.5. The van der Waals surface area contributed by atoms with Crippen molar-refractivity contribution >= 4 is 44.1 Å². The lowest BCUT2D eigenvalue weighted by Crippen LogP contribution is -2.39. The first kappa shape index (κ1) is 20.4. The Morgan fingerprint density at radius 2 is 1.93 bits per heavy atom. The lowest BCUT2D eigenvalue weighted by molar-refractivity contribution is 0.355. The third-order valence-electron chi connectivity index (χ3n) is 5.01. The predicted octanol–water partition coefficient (Wildman–Crippen LogP) is 3.63. The molecule has 6 nitrogen and oxygen atoms in total. The van der Waals surface area contributed by atoms with Gasteiger partial charge in [0, 0.05) is 22.5 Å². The van der Waals surface area contributed by atoms with Gasteiger partial charge in [0.25, 0.3) is 0 Å². The Balaban J connectivity index is 1.65. The van der Waals surface area contributed by atoms with Gasteiger partial charge in [-0.05, 0) is 29.8 Å². The number of thioether (sulfide) groups is 1. The number of fused-ring (bicyclic) bond motifs is 1. The molecule has 1 saturated heterocycles. The highest BCUT2D eigenvalue weighted by molar-refractivity contribution is 8.13. The summed E-state index contributed by atoms with van der Waals surface area (Å²) in [5.41, 5.74) is 1.92. The second-order valence-electron chi connectivity index (χ2n) is 6.95. The molecule has 2 aromatic rings. The summed E-state index contributed by atoms with van der Waals surface area (Å²) in [7, 11) is 0.0622. The van der Waals surface area contributed by atoms with Gasteiger partial charge in [0.1, 0.15) is 0 Å². The van der Waals surface area contributed by atoms with E-state index in [1.54, 1.807) is 26.0 Å². The van der Waals surface area contributed by atoms with Crippen LogP contribution in [0.4, 0.5) is 5.69 Å². The quantitative estimate of drug-likeness (QED) is 0.690. The molecule has 2 heterocycles. The van der Waals surface area contributed by atoms with Gasteiger partial charge in [-0.2, -0.15) is 0 Å². The molecule has 0 N–H and O–H groups in total. The van der Waals surface area contributed by atoms with Crippen LogP contribution in [0, 0.1) is 0 Å². The number of benzene rings is 2. The highest BCUT2D eigenvalue weighted by Gasteiger charge is 2.47. The molecular weight excluding hydrogens is 432 g/mol. The number of ether oxygens (including phenoxy) is 2. The van der Waals surface area contributed by atoms with Crippen molar-refractivity contribution in [1.82, 2.24) is 0 Å². The molecule has 4 rings (SSSR count). The standard InChI is InChI=1S/C20H21ClN2O4S2/c1-26-18-7-6-15(9-19(18)27-2)23-17-12-29(24,25)11-16(17)22-20(23)28-10-13-4-3-5-14(21)8-13/h3-9,16-17H,10-12H2,1-2H3/t16-,17-/m0/s1. The van der Waals surface area contributed by atoms with Crippen LogP contribution in [-0.4, -0.2) is 51.4 Å². The minimum atomic E-state index is -3.10. The van der Waals surface area contributed by atoms with Crippen molar-refractivity contribution in [2.45, 2.75) is 17.8 Å². The summed E-state index contributed by atoms with van der Waals surface area (Å²) in [6.07, 6.45) is 0. The molecule has 0 aromatic heterocycles. The van der Waals surface area contributed by atoms with Gasteiger partial charge in [-0.25, -0.2) is 8.42 Å². The third-order valence-corrected chi connectivity index (χ3v) is 7.98.